The number of para-hydroxylation sites is 1. The summed E-state index contributed by atoms with van der Waals surface area (Å²) in [7, 11) is 0. The number of thiophene rings is 1. The maximum Gasteiger partial charge on any atom is 0.291 e. The first kappa shape index (κ1) is 23.3. The number of amides is 2. The number of halogens is 2. The molecule has 0 unspecified atom stereocenters. The lowest BCUT2D eigenvalue weighted by atomic mass is 10.2. The second-order valence-corrected chi connectivity index (χ2v) is 9.75. The fraction of sp³-hybridized carbons (Fsp3) is 0. The number of hydrogen-bond acceptors (Lipinski definition) is 5. The lowest BCUT2D eigenvalue weighted by Crippen LogP contribution is -2.33. The van der Waals surface area contributed by atoms with Gasteiger partial charge in [0.1, 0.15) is 10.5 Å². The van der Waals surface area contributed by atoms with E-state index in [1.165, 1.54) is 11.3 Å². The van der Waals surface area contributed by atoms with Crippen LogP contribution in [0, 0.1) is 0 Å². The molecule has 0 aliphatic carbocycles. The molecule has 5 aromatic rings. The van der Waals surface area contributed by atoms with Gasteiger partial charge >= 0.3 is 0 Å². The highest BCUT2D eigenvalue weighted by Crippen LogP contribution is 2.36. The van der Waals surface area contributed by atoms with Crippen molar-refractivity contribution in [3.63, 3.8) is 0 Å². The molecule has 10 heteroatoms. The molecule has 5 rings (SSSR count). The zero-order valence-electron chi connectivity index (χ0n) is 17.7. The first-order valence-electron chi connectivity index (χ1n) is 10.3. The minimum atomic E-state index is -0.431. The summed E-state index contributed by atoms with van der Waals surface area (Å²) < 4.78 is 6.41. The lowest BCUT2D eigenvalue weighted by molar-refractivity contribution is 0.0979. The van der Waals surface area contributed by atoms with E-state index in [1.807, 2.05) is 18.2 Å². The van der Waals surface area contributed by atoms with Crippen LogP contribution in [-0.2, 0) is 0 Å². The highest BCUT2D eigenvalue weighted by molar-refractivity contribution is 7.80. The topological polar surface area (TPSA) is 83.4 Å². The Hall–Kier alpha value is -3.43. The number of carbonyl (C=O) groups excluding carboxylic acids is 2. The quantitative estimate of drug-likeness (QED) is 0.208. The molecule has 0 fully saturated rings. The summed E-state index contributed by atoms with van der Waals surface area (Å²) in [5, 5.41) is 11.0. The monoisotopic (exact) mass is 539 g/mol. The van der Waals surface area contributed by atoms with E-state index < -0.39 is 5.91 Å². The minimum absolute atomic E-state index is 0.0855. The lowest BCUT2D eigenvalue weighted by Gasteiger charge is -2.11. The molecule has 2 heterocycles. The Balaban J connectivity index is 1.25. The van der Waals surface area contributed by atoms with Crippen molar-refractivity contribution in [1.82, 2.24) is 5.32 Å². The summed E-state index contributed by atoms with van der Waals surface area (Å²) in [6.07, 6.45) is 0. The molecule has 0 saturated heterocycles. The number of furan rings is 1. The molecule has 0 aliphatic rings. The molecule has 0 bridgehead atoms. The van der Waals surface area contributed by atoms with E-state index in [0.29, 0.717) is 31.9 Å². The van der Waals surface area contributed by atoms with Gasteiger partial charge in [-0.15, -0.1) is 11.3 Å². The van der Waals surface area contributed by atoms with Gasteiger partial charge in [0.05, 0.1) is 5.02 Å². The molecule has 35 heavy (non-hydrogen) atoms. The van der Waals surface area contributed by atoms with Gasteiger partial charge in [0.25, 0.3) is 11.8 Å². The number of nitrogens with one attached hydrogen (secondary N) is 3. The van der Waals surface area contributed by atoms with Gasteiger partial charge in [-0.25, -0.2) is 0 Å². The fourth-order valence-electron chi connectivity index (χ4n) is 3.47. The molecule has 174 valence electrons. The van der Waals surface area contributed by atoms with E-state index in [1.54, 1.807) is 54.6 Å². The highest BCUT2D eigenvalue weighted by atomic mass is 35.5. The van der Waals surface area contributed by atoms with Crippen LogP contribution in [0.15, 0.2) is 77.2 Å². The van der Waals surface area contributed by atoms with Crippen LogP contribution in [0.3, 0.4) is 0 Å². The molecule has 2 amide bonds. The van der Waals surface area contributed by atoms with Crippen molar-refractivity contribution in [2.45, 2.75) is 0 Å². The molecule has 0 atom stereocenters. The maximum atomic E-state index is 12.8. The van der Waals surface area contributed by atoms with E-state index in [2.05, 4.69) is 16.0 Å². The number of hydrogen-bond donors (Lipinski definition) is 3. The molecular formula is C25H15Cl2N3O3S2. The van der Waals surface area contributed by atoms with E-state index in [0.717, 1.165) is 15.5 Å². The van der Waals surface area contributed by atoms with E-state index in [-0.39, 0.29) is 16.8 Å². The predicted octanol–water partition coefficient (Wildman–Crippen LogP) is 7.33. The third-order valence-corrected chi connectivity index (χ3v) is 7.15. The van der Waals surface area contributed by atoms with Gasteiger partial charge in [0.15, 0.2) is 10.9 Å². The van der Waals surface area contributed by atoms with E-state index in [9.17, 15) is 9.59 Å². The van der Waals surface area contributed by atoms with Crippen LogP contribution in [0.1, 0.15) is 20.2 Å². The Morgan fingerprint density at radius 2 is 1.63 bits per heavy atom. The van der Waals surface area contributed by atoms with Crippen LogP contribution < -0.4 is 16.0 Å². The Labute approximate surface area is 218 Å². The van der Waals surface area contributed by atoms with Crippen LogP contribution in [-0.4, -0.2) is 16.9 Å². The van der Waals surface area contributed by atoms with Gasteiger partial charge in [0.2, 0.25) is 0 Å². The van der Waals surface area contributed by atoms with Crippen LogP contribution in [0.5, 0.6) is 0 Å². The number of fused-ring (bicyclic) bond motifs is 2. The molecule has 0 saturated carbocycles. The van der Waals surface area contributed by atoms with Gasteiger partial charge in [-0.2, -0.15) is 0 Å². The molecule has 3 N–H and O–H groups in total. The smallest absolute Gasteiger partial charge is 0.291 e. The van der Waals surface area contributed by atoms with Crippen molar-refractivity contribution >= 4 is 96.1 Å². The zero-order chi connectivity index (χ0) is 24.5. The van der Waals surface area contributed by atoms with E-state index in [4.69, 9.17) is 39.8 Å². The minimum Gasteiger partial charge on any atom is -0.451 e. The molecule has 6 nitrogen and oxygen atoms in total. The van der Waals surface area contributed by atoms with Crippen molar-refractivity contribution in [3.8, 4) is 0 Å². The largest absolute Gasteiger partial charge is 0.451 e. The molecular weight excluding hydrogens is 525 g/mol. The average molecular weight is 540 g/mol. The number of carbonyl (C=O) groups is 2. The van der Waals surface area contributed by atoms with Crippen molar-refractivity contribution in [3.05, 3.63) is 93.5 Å². The van der Waals surface area contributed by atoms with E-state index >= 15 is 0 Å². The maximum absolute atomic E-state index is 12.8. The van der Waals surface area contributed by atoms with Crippen LogP contribution in [0.4, 0.5) is 11.4 Å². The van der Waals surface area contributed by atoms with Gasteiger partial charge < -0.3 is 15.1 Å². The van der Waals surface area contributed by atoms with Gasteiger partial charge in [0, 0.05) is 31.9 Å². The van der Waals surface area contributed by atoms with Crippen LogP contribution in [0.25, 0.3) is 21.1 Å². The van der Waals surface area contributed by atoms with Gasteiger partial charge in [-0.3, -0.25) is 14.9 Å². The summed E-state index contributed by atoms with van der Waals surface area (Å²) in [5.41, 5.74) is 1.74. The van der Waals surface area contributed by atoms with Gasteiger partial charge in [-0.05, 0) is 54.7 Å². The zero-order valence-corrected chi connectivity index (χ0v) is 20.9. The van der Waals surface area contributed by atoms with Crippen LogP contribution >= 0.6 is 46.8 Å². The first-order valence-corrected chi connectivity index (χ1v) is 12.3. The highest BCUT2D eigenvalue weighted by Gasteiger charge is 2.18. The number of rotatable bonds is 4. The molecule has 0 spiro atoms. The summed E-state index contributed by atoms with van der Waals surface area (Å²) >= 11 is 18.9. The molecule has 2 aromatic heterocycles. The summed E-state index contributed by atoms with van der Waals surface area (Å²) in [6.45, 7) is 0. The molecule has 3 aromatic carbocycles. The third-order valence-electron chi connectivity index (χ3n) is 5.05. The second kappa shape index (κ2) is 9.67. The average Bonchev–Trinajstić information content (AvgIpc) is 3.40. The molecule has 0 aliphatic heterocycles. The number of benzene rings is 3. The number of anilines is 2. The standard InChI is InChI=1S/C25H15Cl2N3O3S2/c26-14-8-9-17-20(11-14)35-22(21(17)27)24(32)30-25(34)29-16-6-3-5-15(12-16)28-23(31)19-10-13-4-1-2-7-18(13)33-19/h1-12H,(H,28,31)(H2,29,30,32,34). The summed E-state index contributed by atoms with van der Waals surface area (Å²) in [5.74, 6) is -0.609. The van der Waals surface area contributed by atoms with Crippen molar-refractivity contribution in [1.29, 1.82) is 0 Å². The SMILES string of the molecule is O=C(Nc1cccc(NC(=S)NC(=O)c2sc3cc(Cl)ccc3c2Cl)c1)c1cc2ccccc2o1. The normalized spacial score (nSPS) is 10.9. The third kappa shape index (κ3) is 5.01. The second-order valence-electron chi connectivity index (χ2n) is 7.48. The Morgan fingerprint density at radius 1 is 0.857 bits per heavy atom. The summed E-state index contributed by atoms with van der Waals surface area (Å²) in [4.78, 5) is 25.7. The number of thiocarbonyl (C=S) groups is 1. The molecule has 0 radical (unpaired) electrons. The first-order chi connectivity index (χ1) is 16.9. The van der Waals surface area contributed by atoms with Crippen molar-refractivity contribution < 1.29 is 14.0 Å². The van der Waals surface area contributed by atoms with Crippen molar-refractivity contribution in [2.75, 3.05) is 10.6 Å². The fourth-order valence-corrected chi connectivity index (χ4v) is 5.37. The Kier molecular flexibility index (Phi) is 6.44. The van der Waals surface area contributed by atoms with Crippen LogP contribution in [0.2, 0.25) is 10.0 Å². The summed E-state index contributed by atoms with van der Waals surface area (Å²) in [6, 6.07) is 21.2. The Bertz CT molecular complexity index is 1590. The van der Waals surface area contributed by atoms with Gasteiger partial charge in [-0.1, -0.05) is 53.5 Å². The predicted molar refractivity (Wildman–Crippen MR) is 146 cm³/mol. The van der Waals surface area contributed by atoms with Crippen molar-refractivity contribution in [2.24, 2.45) is 0 Å². The Morgan fingerprint density at radius 3 is 2.43 bits per heavy atom.